The second-order valence-electron chi connectivity index (χ2n) is 3.82. The molecule has 1 heterocycles. The predicted molar refractivity (Wildman–Crippen MR) is 63.3 cm³/mol. The third kappa shape index (κ3) is 3.98. The number of hydrogen-bond donors (Lipinski definition) is 0. The largest absolute Gasteiger partial charge is 0.372 e. The summed E-state index contributed by atoms with van der Waals surface area (Å²) in [6.45, 7) is 6.65. The Bertz CT molecular complexity index is 328. The van der Waals surface area contributed by atoms with Gasteiger partial charge in [0.2, 0.25) is 0 Å². The molecule has 0 fully saturated rings. The number of hydrogen-bond acceptors (Lipinski definition) is 2. The van der Waals surface area contributed by atoms with E-state index in [4.69, 9.17) is 27.9 Å². The fourth-order valence-corrected chi connectivity index (χ4v) is 1.29. The Hall–Kier alpha value is -0.310. The minimum atomic E-state index is 0.182. The van der Waals surface area contributed by atoms with Crippen LogP contribution in [0.5, 0.6) is 0 Å². The standard InChI is InChI=1S/C11H15Cl2NO/c1-7(2)8(3)15-6-10-9(12)4-5-11(13)14-10/h4-5,7-8H,6H2,1-3H3. The summed E-state index contributed by atoms with van der Waals surface area (Å²) in [5.41, 5.74) is 0.691. The van der Waals surface area contributed by atoms with Gasteiger partial charge in [-0.3, -0.25) is 0 Å². The van der Waals surface area contributed by atoms with Crippen LogP contribution >= 0.6 is 23.2 Å². The van der Waals surface area contributed by atoms with E-state index in [1.165, 1.54) is 0 Å². The average molecular weight is 248 g/mol. The van der Waals surface area contributed by atoms with Gasteiger partial charge in [0.1, 0.15) is 5.15 Å². The molecule has 1 atom stereocenters. The molecular formula is C11H15Cl2NO. The quantitative estimate of drug-likeness (QED) is 0.752. The van der Waals surface area contributed by atoms with Crippen LogP contribution in [0.3, 0.4) is 0 Å². The molecule has 0 amide bonds. The molecule has 1 aromatic rings. The molecule has 0 aliphatic heterocycles. The zero-order valence-electron chi connectivity index (χ0n) is 9.13. The maximum absolute atomic E-state index is 5.96. The Morgan fingerprint density at radius 3 is 2.53 bits per heavy atom. The summed E-state index contributed by atoms with van der Waals surface area (Å²) in [5, 5.41) is 1.03. The SMILES string of the molecule is CC(C)C(C)OCc1nc(Cl)ccc1Cl. The van der Waals surface area contributed by atoms with Crippen molar-refractivity contribution in [3.63, 3.8) is 0 Å². The first kappa shape index (κ1) is 12.8. The van der Waals surface area contributed by atoms with Crippen LogP contribution in [0.4, 0.5) is 0 Å². The summed E-state index contributed by atoms with van der Waals surface area (Å²) >= 11 is 11.7. The molecule has 15 heavy (non-hydrogen) atoms. The van der Waals surface area contributed by atoms with Gasteiger partial charge in [-0.15, -0.1) is 0 Å². The molecule has 1 aromatic heterocycles. The average Bonchev–Trinajstić information content (AvgIpc) is 2.18. The Labute approximate surface area is 101 Å². The summed E-state index contributed by atoms with van der Waals surface area (Å²) in [5.74, 6) is 0.475. The second-order valence-corrected chi connectivity index (χ2v) is 4.62. The highest BCUT2D eigenvalue weighted by Crippen LogP contribution is 2.18. The van der Waals surface area contributed by atoms with Gasteiger partial charge in [-0.25, -0.2) is 4.98 Å². The molecule has 0 N–H and O–H groups in total. The number of rotatable bonds is 4. The van der Waals surface area contributed by atoms with E-state index >= 15 is 0 Å². The number of ether oxygens (including phenoxy) is 1. The van der Waals surface area contributed by atoms with Crippen molar-refractivity contribution in [2.24, 2.45) is 5.92 Å². The van der Waals surface area contributed by atoms with E-state index in [0.717, 1.165) is 0 Å². The molecule has 1 rings (SSSR count). The topological polar surface area (TPSA) is 22.1 Å². The van der Waals surface area contributed by atoms with E-state index in [1.807, 2.05) is 6.92 Å². The van der Waals surface area contributed by atoms with E-state index < -0.39 is 0 Å². The van der Waals surface area contributed by atoms with Crippen LogP contribution in [-0.4, -0.2) is 11.1 Å². The highest BCUT2D eigenvalue weighted by atomic mass is 35.5. The smallest absolute Gasteiger partial charge is 0.129 e. The summed E-state index contributed by atoms with van der Waals surface area (Å²) in [7, 11) is 0. The Morgan fingerprint density at radius 2 is 1.93 bits per heavy atom. The molecule has 0 saturated carbocycles. The molecule has 0 aliphatic rings. The van der Waals surface area contributed by atoms with E-state index in [0.29, 0.717) is 28.4 Å². The van der Waals surface area contributed by atoms with Crippen molar-refractivity contribution in [1.82, 2.24) is 4.98 Å². The predicted octanol–water partition coefficient (Wildman–Crippen LogP) is 3.95. The lowest BCUT2D eigenvalue weighted by molar-refractivity contribution is 0.0219. The normalized spacial score (nSPS) is 13.2. The van der Waals surface area contributed by atoms with Crippen LogP contribution in [0.1, 0.15) is 26.5 Å². The Balaban J connectivity index is 2.61. The number of halogens is 2. The number of nitrogens with zero attached hydrogens (tertiary/aromatic N) is 1. The summed E-state index contributed by atoms with van der Waals surface area (Å²) in [4.78, 5) is 4.11. The monoisotopic (exact) mass is 247 g/mol. The molecule has 1 unspecified atom stereocenters. The van der Waals surface area contributed by atoms with Crippen molar-refractivity contribution in [3.05, 3.63) is 28.0 Å². The molecular weight excluding hydrogens is 233 g/mol. The fraction of sp³-hybridized carbons (Fsp3) is 0.545. The zero-order chi connectivity index (χ0) is 11.4. The van der Waals surface area contributed by atoms with Gasteiger partial charge < -0.3 is 4.74 Å². The molecule has 84 valence electrons. The third-order valence-electron chi connectivity index (χ3n) is 2.31. The molecule has 0 aliphatic carbocycles. The zero-order valence-corrected chi connectivity index (χ0v) is 10.6. The van der Waals surface area contributed by atoms with Gasteiger partial charge in [0, 0.05) is 0 Å². The maximum atomic E-state index is 5.96. The lowest BCUT2D eigenvalue weighted by Crippen LogP contribution is -2.15. The van der Waals surface area contributed by atoms with E-state index in [1.54, 1.807) is 12.1 Å². The van der Waals surface area contributed by atoms with Gasteiger partial charge in [0.05, 0.1) is 23.4 Å². The molecule has 0 spiro atoms. The van der Waals surface area contributed by atoms with E-state index in [9.17, 15) is 0 Å². The fourth-order valence-electron chi connectivity index (χ4n) is 0.962. The van der Waals surface area contributed by atoms with Gasteiger partial charge in [-0.2, -0.15) is 0 Å². The first-order valence-corrected chi connectivity index (χ1v) is 5.69. The number of pyridine rings is 1. The van der Waals surface area contributed by atoms with E-state index in [-0.39, 0.29) is 6.10 Å². The number of aromatic nitrogens is 1. The van der Waals surface area contributed by atoms with Crippen molar-refractivity contribution in [2.45, 2.75) is 33.5 Å². The molecule has 0 bridgehead atoms. The summed E-state index contributed by atoms with van der Waals surface area (Å²) in [6, 6.07) is 3.40. The molecule has 2 nitrogen and oxygen atoms in total. The first-order valence-electron chi connectivity index (χ1n) is 4.93. The van der Waals surface area contributed by atoms with Crippen molar-refractivity contribution >= 4 is 23.2 Å². The van der Waals surface area contributed by atoms with Crippen LogP contribution in [0.2, 0.25) is 10.2 Å². The van der Waals surface area contributed by atoms with Gasteiger partial charge in [-0.05, 0) is 25.0 Å². The van der Waals surface area contributed by atoms with Crippen LogP contribution < -0.4 is 0 Å². The minimum Gasteiger partial charge on any atom is -0.372 e. The van der Waals surface area contributed by atoms with Crippen LogP contribution in [-0.2, 0) is 11.3 Å². The van der Waals surface area contributed by atoms with Crippen molar-refractivity contribution in [2.75, 3.05) is 0 Å². The first-order chi connectivity index (χ1) is 7.00. The van der Waals surface area contributed by atoms with Crippen molar-refractivity contribution in [3.8, 4) is 0 Å². The highest BCUT2D eigenvalue weighted by Gasteiger charge is 2.09. The van der Waals surface area contributed by atoms with Gasteiger partial charge in [0.15, 0.2) is 0 Å². The maximum Gasteiger partial charge on any atom is 0.129 e. The second kappa shape index (κ2) is 5.69. The molecule has 4 heteroatoms. The lowest BCUT2D eigenvalue weighted by atomic mass is 10.1. The van der Waals surface area contributed by atoms with Gasteiger partial charge in [-0.1, -0.05) is 37.0 Å². The van der Waals surface area contributed by atoms with Gasteiger partial charge in [0.25, 0.3) is 0 Å². The molecule has 0 saturated heterocycles. The summed E-state index contributed by atoms with van der Waals surface area (Å²) < 4.78 is 5.62. The van der Waals surface area contributed by atoms with Crippen LogP contribution in [0.25, 0.3) is 0 Å². The molecule has 0 aromatic carbocycles. The van der Waals surface area contributed by atoms with Crippen LogP contribution in [0.15, 0.2) is 12.1 Å². The lowest BCUT2D eigenvalue weighted by Gasteiger charge is -2.16. The minimum absolute atomic E-state index is 0.182. The van der Waals surface area contributed by atoms with Crippen molar-refractivity contribution in [1.29, 1.82) is 0 Å². The Morgan fingerprint density at radius 1 is 1.27 bits per heavy atom. The van der Waals surface area contributed by atoms with Crippen molar-refractivity contribution < 1.29 is 4.74 Å². The highest BCUT2D eigenvalue weighted by molar-refractivity contribution is 6.32. The molecule has 0 radical (unpaired) electrons. The van der Waals surface area contributed by atoms with Crippen LogP contribution in [0, 0.1) is 5.92 Å². The summed E-state index contributed by atoms with van der Waals surface area (Å²) in [6.07, 6.45) is 0.182. The van der Waals surface area contributed by atoms with E-state index in [2.05, 4.69) is 18.8 Å². The third-order valence-corrected chi connectivity index (χ3v) is 2.86. The Kier molecular flexibility index (Phi) is 4.84. The van der Waals surface area contributed by atoms with Gasteiger partial charge >= 0.3 is 0 Å².